The molecule has 0 saturated carbocycles. The van der Waals surface area contributed by atoms with Crippen molar-refractivity contribution in [2.45, 2.75) is 23.9 Å². The molecule has 1 N–H and O–H groups in total. The van der Waals surface area contributed by atoms with Gasteiger partial charge in [0.2, 0.25) is 0 Å². The van der Waals surface area contributed by atoms with E-state index >= 15 is 0 Å². The molecule has 3 atom stereocenters. The normalized spacial score (nSPS) is 21.4. The van der Waals surface area contributed by atoms with E-state index in [1.807, 2.05) is 47.2 Å². The molecular formula is C27H22N2O5S. The summed E-state index contributed by atoms with van der Waals surface area (Å²) in [5, 5.41) is 8.94. The molecular weight excluding hydrogens is 464 g/mol. The summed E-state index contributed by atoms with van der Waals surface area (Å²) < 4.78 is 40.2. The lowest BCUT2D eigenvalue weighted by Gasteiger charge is -2.24. The topological polar surface area (TPSA) is 90.7 Å². The lowest BCUT2D eigenvalue weighted by molar-refractivity contribution is 0.128. The van der Waals surface area contributed by atoms with E-state index in [2.05, 4.69) is 4.98 Å². The number of benzene rings is 3. The summed E-state index contributed by atoms with van der Waals surface area (Å²) in [4.78, 5) is 4.09. The molecule has 4 aromatic rings. The smallest absolute Gasteiger partial charge is 0.315 e. The van der Waals surface area contributed by atoms with Gasteiger partial charge in [-0.2, -0.15) is 8.42 Å². The Morgan fingerprint density at radius 2 is 1.60 bits per heavy atom. The predicted molar refractivity (Wildman–Crippen MR) is 132 cm³/mol. The van der Waals surface area contributed by atoms with Crippen LogP contribution in [0.2, 0.25) is 0 Å². The number of fused-ring (bicyclic) bond motifs is 2. The van der Waals surface area contributed by atoms with Crippen LogP contribution < -0.4 is 4.18 Å². The summed E-state index contributed by atoms with van der Waals surface area (Å²) in [6.45, 7) is 0. The highest BCUT2D eigenvalue weighted by molar-refractivity contribution is 7.87. The fourth-order valence-electron chi connectivity index (χ4n) is 4.89. The summed E-state index contributed by atoms with van der Waals surface area (Å²) in [5.41, 5.74) is 4.48. The number of hydrogen-bond donors (Lipinski definition) is 1. The molecule has 3 unspecified atom stereocenters. The molecule has 3 aromatic carbocycles. The van der Waals surface area contributed by atoms with Crippen molar-refractivity contribution in [3.8, 4) is 17.2 Å². The van der Waals surface area contributed by atoms with Gasteiger partial charge in [0.1, 0.15) is 22.9 Å². The average Bonchev–Trinajstić information content (AvgIpc) is 3.62. The molecule has 8 heteroatoms. The maximum absolute atomic E-state index is 13.3. The average molecular weight is 487 g/mol. The number of aromatic hydroxyl groups is 1. The highest BCUT2D eigenvalue weighted by Gasteiger charge is 2.53. The van der Waals surface area contributed by atoms with E-state index in [1.165, 1.54) is 0 Å². The van der Waals surface area contributed by atoms with E-state index < -0.39 is 27.6 Å². The minimum Gasteiger partial charge on any atom is -0.508 e. The Balaban J connectivity index is 1.41. The number of ether oxygens (including phenoxy) is 1. The van der Waals surface area contributed by atoms with Crippen molar-refractivity contribution in [3.63, 3.8) is 0 Å². The third-order valence-corrected chi connectivity index (χ3v) is 8.08. The molecule has 176 valence electrons. The summed E-state index contributed by atoms with van der Waals surface area (Å²) in [6.07, 6.45) is 4.53. The van der Waals surface area contributed by atoms with Crippen LogP contribution in [0.1, 0.15) is 17.5 Å². The predicted octanol–water partition coefficient (Wildman–Crippen LogP) is 4.44. The van der Waals surface area contributed by atoms with Crippen LogP contribution in [0.5, 0.6) is 11.5 Å². The molecule has 35 heavy (non-hydrogen) atoms. The molecule has 0 spiro atoms. The van der Waals surface area contributed by atoms with Gasteiger partial charge in [-0.25, -0.2) is 4.98 Å². The van der Waals surface area contributed by atoms with Gasteiger partial charge in [0.25, 0.3) is 0 Å². The number of hydrogen-bond acceptors (Lipinski definition) is 6. The van der Waals surface area contributed by atoms with Crippen LogP contribution in [0, 0.1) is 0 Å². The Hall–Kier alpha value is -3.88. The van der Waals surface area contributed by atoms with Crippen LogP contribution in [0.3, 0.4) is 0 Å². The molecule has 2 aliphatic rings. The quantitative estimate of drug-likeness (QED) is 0.405. The first-order valence-electron chi connectivity index (χ1n) is 11.3. The summed E-state index contributed by atoms with van der Waals surface area (Å²) in [5.74, 6) is 0.450. The van der Waals surface area contributed by atoms with E-state index in [4.69, 9.17) is 8.92 Å². The van der Waals surface area contributed by atoms with Gasteiger partial charge in [0.05, 0.1) is 12.4 Å². The second-order valence-electron chi connectivity index (χ2n) is 8.60. The Kier molecular flexibility index (Phi) is 5.20. The standard InChI is InChI=1S/C27H22N2O5S/c30-21-12-8-18(9-13-21)25-23-16-24(35(31,32)34-22-4-2-1-3-5-22)27(33-23)26(25)19-6-10-20(11-7-19)29-15-14-28-17-29/h1-15,17,23-24,27,30H,16H2. The molecule has 3 heterocycles. The third kappa shape index (κ3) is 3.90. The lowest BCUT2D eigenvalue weighted by Crippen LogP contribution is -2.35. The van der Waals surface area contributed by atoms with E-state index in [9.17, 15) is 13.5 Å². The Morgan fingerprint density at radius 3 is 2.29 bits per heavy atom. The van der Waals surface area contributed by atoms with Crippen molar-refractivity contribution in [1.29, 1.82) is 0 Å². The minimum absolute atomic E-state index is 0.168. The van der Waals surface area contributed by atoms with Gasteiger partial charge in [-0.05, 0) is 58.7 Å². The van der Waals surface area contributed by atoms with Gasteiger partial charge >= 0.3 is 10.1 Å². The van der Waals surface area contributed by atoms with Crippen LogP contribution >= 0.6 is 0 Å². The highest BCUT2D eigenvalue weighted by Crippen LogP contribution is 2.50. The Morgan fingerprint density at radius 1 is 0.914 bits per heavy atom. The van der Waals surface area contributed by atoms with Crippen molar-refractivity contribution in [3.05, 3.63) is 109 Å². The van der Waals surface area contributed by atoms with Crippen LogP contribution in [0.15, 0.2) is 97.6 Å². The van der Waals surface area contributed by atoms with Crippen LogP contribution in [0.25, 0.3) is 16.8 Å². The van der Waals surface area contributed by atoms with Crippen LogP contribution in [0.4, 0.5) is 0 Å². The minimum atomic E-state index is -3.95. The Labute approximate surface area is 203 Å². The van der Waals surface area contributed by atoms with Gasteiger partial charge in [-0.1, -0.05) is 42.5 Å². The SMILES string of the molecule is O=S(=O)(Oc1ccccc1)C1CC2OC1C(c1ccc(-n3ccnc3)cc1)=C2c1ccc(O)cc1. The first-order valence-corrected chi connectivity index (χ1v) is 12.7. The number of para-hydroxylation sites is 1. The van der Waals surface area contributed by atoms with Crippen molar-refractivity contribution in [1.82, 2.24) is 9.55 Å². The molecule has 2 aliphatic heterocycles. The zero-order valence-corrected chi connectivity index (χ0v) is 19.4. The molecule has 0 radical (unpaired) electrons. The largest absolute Gasteiger partial charge is 0.508 e. The summed E-state index contributed by atoms with van der Waals surface area (Å²) in [7, 11) is -3.95. The molecule has 0 aliphatic carbocycles. The highest BCUT2D eigenvalue weighted by atomic mass is 32.2. The Bertz CT molecular complexity index is 1480. The number of phenols is 1. The molecule has 7 nitrogen and oxygen atoms in total. The lowest BCUT2D eigenvalue weighted by atomic mass is 9.83. The first-order chi connectivity index (χ1) is 17.0. The number of phenolic OH excluding ortho intramolecular Hbond substituents is 1. The fraction of sp³-hybridized carbons (Fsp3) is 0.148. The first kappa shape index (κ1) is 21.6. The molecule has 1 aromatic heterocycles. The van der Waals surface area contributed by atoms with Gasteiger partial charge in [-0.15, -0.1) is 0 Å². The van der Waals surface area contributed by atoms with E-state index in [0.29, 0.717) is 6.42 Å². The summed E-state index contributed by atoms with van der Waals surface area (Å²) >= 11 is 0. The van der Waals surface area contributed by atoms with Gasteiger partial charge in [0, 0.05) is 24.5 Å². The summed E-state index contributed by atoms with van der Waals surface area (Å²) in [6, 6.07) is 23.3. The second kappa shape index (κ2) is 8.41. The molecule has 0 amide bonds. The van der Waals surface area contributed by atoms with Crippen molar-refractivity contribution in [2.75, 3.05) is 0 Å². The monoisotopic (exact) mass is 486 g/mol. The molecule has 1 fully saturated rings. The molecule has 2 bridgehead atoms. The maximum atomic E-state index is 13.3. The fourth-order valence-corrected chi connectivity index (χ4v) is 6.31. The van der Waals surface area contributed by atoms with Crippen molar-refractivity contribution < 1.29 is 22.4 Å². The number of nitrogens with zero attached hydrogens (tertiary/aromatic N) is 2. The second-order valence-corrected chi connectivity index (χ2v) is 10.4. The number of aromatic nitrogens is 2. The number of imidazole rings is 1. The van der Waals surface area contributed by atoms with Gasteiger partial charge in [0.15, 0.2) is 0 Å². The van der Waals surface area contributed by atoms with Crippen LogP contribution in [-0.4, -0.2) is 40.5 Å². The zero-order chi connectivity index (χ0) is 24.0. The van der Waals surface area contributed by atoms with Crippen LogP contribution in [-0.2, 0) is 14.9 Å². The van der Waals surface area contributed by atoms with E-state index in [0.717, 1.165) is 28.0 Å². The molecule has 1 saturated heterocycles. The third-order valence-electron chi connectivity index (χ3n) is 6.48. The van der Waals surface area contributed by atoms with Crippen molar-refractivity contribution >= 4 is 21.3 Å². The van der Waals surface area contributed by atoms with Gasteiger partial charge < -0.3 is 18.6 Å². The van der Waals surface area contributed by atoms with Gasteiger partial charge in [-0.3, -0.25) is 0 Å². The maximum Gasteiger partial charge on any atom is 0.315 e. The van der Waals surface area contributed by atoms with Crippen molar-refractivity contribution in [2.24, 2.45) is 0 Å². The van der Waals surface area contributed by atoms with E-state index in [1.54, 1.807) is 55.0 Å². The van der Waals surface area contributed by atoms with E-state index in [-0.39, 0.29) is 11.5 Å². The zero-order valence-electron chi connectivity index (χ0n) is 18.6. The number of rotatable bonds is 6. The molecule has 6 rings (SSSR count).